The summed E-state index contributed by atoms with van der Waals surface area (Å²) >= 11 is 0. The van der Waals surface area contributed by atoms with Crippen LogP contribution in [0.15, 0.2) is 24.3 Å². The molecule has 0 aromatic heterocycles. The van der Waals surface area contributed by atoms with Crippen molar-refractivity contribution in [1.29, 1.82) is 0 Å². The van der Waals surface area contributed by atoms with E-state index in [0.29, 0.717) is 6.61 Å². The van der Waals surface area contributed by atoms with Gasteiger partial charge in [-0.15, -0.1) is 0 Å². The van der Waals surface area contributed by atoms with Gasteiger partial charge in [0.05, 0.1) is 11.7 Å². The largest absolute Gasteiger partial charge is 0.416 e. The Bertz CT molecular complexity index is 388. The first-order valence-corrected chi connectivity index (χ1v) is 6.00. The summed E-state index contributed by atoms with van der Waals surface area (Å²) in [4.78, 5) is 0. The Balaban J connectivity index is 1.98. The number of hydrogen-bond donors (Lipinski definition) is 1. The molecule has 0 saturated carbocycles. The maximum atomic E-state index is 12.4. The molecule has 0 amide bonds. The van der Waals surface area contributed by atoms with Gasteiger partial charge in [-0.2, -0.15) is 13.2 Å². The number of anilines is 1. The Morgan fingerprint density at radius 2 is 1.89 bits per heavy atom. The molecule has 18 heavy (non-hydrogen) atoms. The van der Waals surface area contributed by atoms with Crippen molar-refractivity contribution in [2.24, 2.45) is 0 Å². The zero-order valence-corrected chi connectivity index (χ0v) is 10.1. The summed E-state index contributed by atoms with van der Waals surface area (Å²) in [6, 6.07) is 5.42. The Morgan fingerprint density at radius 1 is 1.22 bits per heavy atom. The van der Waals surface area contributed by atoms with E-state index in [1.165, 1.54) is 12.1 Å². The molecule has 1 heterocycles. The normalized spacial score (nSPS) is 24.9. The van der Waals surface area contributed by atoms with Gasteiger partial charge in [-0.05, 0) is 44.0 Å². The molecule has 1 saturated heterocycles. The van der Waals surface area contributed by atoms with Crippen molar-refractivity contribution in [3.63, 3.8) is 0 Å². The van der Waals surface area contributed by atoms with Crippen LogP contribution in [0.2, 0.25) is 0 Å². The van der Waals surface area contributed by atoms with Gasteiger partial charge in [0.15, 0.2) is 0 Å². The molecule has 2 rings (SSSR count). The number of benzene rings is 1. The third-order valence-corrected chi connectivity index (χ3v) is 3.07. The number of hydrogen-bond acceptors (Lipinski definition) is 2. The van der Waals surface area contributed by atoms with Gasteiger partial charge < -0.3 is 10.1 Å². The number of nitrogens with one attached hydrogen (secondary N) is 1. The quantitative estimate of drug-likeness (QED) is 0.874. The van der Waals surface area contributed by atoms with E-state index in [4.69, 9.17) is 4.74 Å². The van der Waals surface area contributed by atoms with Crippen LogP contribution >= 0.6 is 0 Å². The van der Waals surface area contributed by atoms with Crippen molar-refractivity contribution in [1.82, 2.24) is 0 Å². The van der Waals surface area contributed by atoms with Crippen molar-refractivity contribution < 1.29 is 17.9 Å². The molecule has 1 aromatic carbocycles. The minimum absolute atomic E-state index is 0.200. The Kier molecular flexibility index (Phi) is 3.80. The van der Waals surface area contributed by atoms with E-state index in [0.717, 1.165) is 30.7 Å². The molecule has 1 aliphatic heterocycles. The molecule has 2 nitrogen and oxygen atoms in total. The third-order valence-electron chi connectivity index (χ3n) is 3.07. The summed E-state index contributed by atoms with van der Waals surface area (Å²) < 4.78 is 42.6. The van der Waals surface area contributed by atoms with Crippen LogP contribution in [0.3, 0.4) is 0 Å². The zero-order valence-electron chi connectivity index (χ0n) is 10.1. The maximum absolute atomic E-state index is 12.4. The molecule has 1 N–H and O–H groups in total. The summed E-state index contributed by atoms with van der Waals surface area (Å²) in [7, 11) is 0. The first-order valence-electron chi connectivity index (χ1n) is 6.00. The molecule has 1 aromatic rings. The fourth-order valence-electron chi connectivity index (χ4n) is 2.12. The van der Waals surface area contributed by atoms with Gasteiger partial charge in [-0.1, -0.05) is 0 Å². The first kappa shape index (κ1) is 13.2. The van der Waals surface area contributed by atoms with Crippen molar-refractivity contribution in [2.75, 3.05) is 11.9 Å². The van der Waals surface area contributed by atoms with Crippen LogP contribution in [0, 0.1) is 0 Å². The number of alkyl halides is 3. The first-order chi connectivity index (χ1) is 8.45. The molecule has 0 spiro atoms. The molecule has 0 aliphatic carbocycles. The second-order valence-electron chi connectivity index (χ2n) is 4.62. The molecule has 0 radical (unpaired) electrons. The van der Waals surface area contributed by atoms with Crippen molar-refractivity contribution >= 4 is 5.69 Å². The van der Waals surface area contributed by atoms with E-state index >= 15 is 0 Å². The lowest BCUT2D eigenvalue weighted by molar-refractivity contribution is -0.137. The van der Waals surface area contributed by atoms with Gasteiger partial charge in [-0.25, -0.2) is 0 Å². The Morgan fingerprint density at radius 3 is 2.44 bits per heavy atom. The molecular weight excluding hydrogens is 243 g/mol. The Labute approximate surface area is 104 Å². The maximum Gasteiger partial charge on any atom is 0.416 e. The third kappa shape index (κ3) is 3.38. The standard InChI is InChI=1S/C13H16F3NO/c1-9-8-12(6-7-18-9)17-11-4-2-10(3-5-11)13(14,15)16/h2-5,9,12,17H,6-8H2,1H3. The average molecular weight is 259 g/mol. The van der Waals surface area contributed by atoms with E-state index in [-0.39, 0.29) is 12.1 Å². The molecule has 1 aliphatic rings. The predicted molar refractivity (Wildman–Crippen MR) is 63.5 cm³/mol. The van der Waals surface area contributed by atoms with Crippen molar-refractivity contribution in [3.05, 3.63) is 29.8 Å². The zero-order chi connectivity index (χ0) is 13.2. The second-order valence-corrected chi connectivity index (χ2v) is 4.62. The number of rotatable bonds is 2. The van der Waals surface area contributed by atoms with E-state index in [9.17, 15) is 13.2 Å². The van der Waals surface area contributed by atoms with Crippen LogP contribution in [-0.4, -0.2) is 18.8 Å². The van der Waals surface area contributed by atoms with E-state index in [1.807, 2.05) is 6.92 Å². The van der Waals surface area contributed by atoms with E-state index in [2.05, 4.69) is 5.32 Å². The second kappa shape index (κ2) is 5.18. The highest BCUT2D eigenvalue weighted by Gasteiger charge is 2.30. The molecule has 5 heteroatoms. The molecule has 2 atom stereocenters. The highest BCUT2D eigenvalue weighted by molar-refractivity contribution is 5.46. The molecule has 2 unspecified atom stereocenters. The fourth-order valence-corrected chi connectivity index (χ4v) is 2.12. The Hall–Kier alpha value is -1.23. The monoisotopic (exact) mass is 259 g/mol. The lowest BCUT2D eigenvalue weighted by Crippen LogP contribution is -2.32. The molecule has 100 valence electrons. The van der Waals surface area contributed by atoms with E-state index < -0.39 is 11.7 Å². The summed E-state index contributed by atoms with van der Waals surface area (Å²) in [6.45, 7) is 2.69. The van der Waals surface area contributed by atoms with Crippen molar-refractivity contribution in [2.45, 2.75) is 38.1 Å². The van der Waals surface area contributed by atoms with Gasteiger partial charge in [0.1, 0.15) is 0 Å². The highest BCUT2D eigenvalue weighted by atomic mass is 19.4. The SMILES string of the molecule is CC1CC(Nc2ccc(C(F)(F)F)cc2)CCO1. The van der Waals surface area contributed by atoms with Gasteiger partial charge in [0.25, 0.3) is 0 Å². The van der Waals surface area contributed by atoms with Gasteiger partial charge in [-0.3, -0.25) is 0 Å². The summed E-state index contributed by atoms with van der Waals surface area (Å²) in [5.41, 5.74) is 0.107. The molecule has 0 bridgehead atoms. The molecule has 1 fully saturated rings. The van der Waals surface area contributed by atoms with Crippen LogP contribution in [0.4, 0.5) is 18.9 Å². The van der Waals surface area contributed by atoms with Crippen LogP contribution in [0.1, 0.15) is 25.3 Å². The number of ether oxygens (including phenoxy) is 1. The molecular formula is C13H16F3NO. The van der Waals surface area contributed by atoms with E-state index in [1.54, 1.807) is 0 Å². The summed E-state index contributed by atoms with van der Waals surface area (Å²) in [5, 5.41) is 3.24. The minimum atomic E-state index is -4.27. The topological polar surface area (TPSA) is 21.3 Å². The van der Waals surface area contributed by atoms with Crippen LogP contribution in [0.25, 0.3) is 0 Å². The highest BCUT2D eigenvalue weighted by Crippen LogP contribution is 2.30. The summed E-state index contributed by atoms with van der Waals surface area (Å²) in [6.07, 6.45) is -2.32. The van der Waals surface area contributed by atoms with Crippen LogP contribution in [-0.2, 0) is 10.9 Å². The minimum Gasteiger partial charge on any atom is -0.382 e. The van der Waals surface area contributed by atoms with Gasteiger partial charge in [0, 0.05) is 18.3 Å². The smallest absolute Gasteiger partial charge is 0.382 e. The number of halogens is 3. The average Bonchev–Trinajstić information content (AvgIpc) is 2.28. The van der Waals surface area contributed by atoms with Crippen LogP contribution < -0.4 is 5.32 Å². The lowest BCUT2D eigenvalue weighted by atomic mass is 10.0. The van der Waals surface area contributed by atoms with Gasteiger partial charge in [0.2, 0.25) is 0 Å². The lowest BCUT2D eigenvalue weighted by Gasteiger charge is -2.28. The van der Waals surface area contributed by atoms with Gasteiger partial charge >= 0.3 is 6.18 Å². The predicted octanol–water partition coefficient (Wildman–Crippen LogP) is 3.68. The van der Waals surface area contributed by atoms with Crippen molar-refractivity contribution in [3.8, 4) is 0 Å². The van der Waals surface area contributed by atoms with Crippen LogP contribution in [0.5, 0.6) is 0 Å². The summed E-state index contributed by atoms with van der Waals surface area (Å²) in [5.74, 6) is 0. The fraction of sp³-hybridized carbons (Fsp3) is 0.538.